The van der Waals surface area contributed by atoms with E-state index in [2.05, 4.69) is 0 Å². The first-order valence-corrected chi connectivity index (χ1v) is 7.78. The molecule has 0 N–H and O–H groups in total. The van der Waals surface area contributed by atoms with Crippen LogP contribution in [0.5, 0.6) is 0 Å². The van der Waals surface area contributed by atoms with Gasteiger partial charge in [-0.25, -0.2) is 4.79 Å². The topological polar surface area (TPSA) is 46.6 Å². The molecular weight excluding hydrogens is 254 g/mol. The number of carbonyl (C=O) groups is 2. The number of esters is 1. The molecule has 0 radical (unpaired) electrons. The highest BCUT2D eigenvalue weighted by Gasteiger charge is 2.42. The van der Waals surface area contributed by atoms with Crippen LogP contribution in [0, 0.1) is 11.8 Å². The maximum atomic E-state index is 12.4. The van der Waals surface area contributed by atoms with Gasteiger partial charge in [0.15, 0.2) is 0 Å². The van der Waals surface area contributed by atoms with Crippen molar-refractivity contribution in [3.8, 4) is 0 Å². The number of amides is 1. The minimum atomic E-state index is -0.497. The highest BCUT2D eigenvalue weighted by Crippen LogP contribution is 2.39. The van der Waals surface area contributed by atoms with Crippen molar-refractivity contribution in [3.05, 3.63) is 0 Å². The predicted octanol–water partition coefficient (Wildman–Crippen LogP) is 2.76. The fourth-order valence-electron chi connectivity index (χ4n) is 3.57. The van der Waals surface area contributed by atoms with Crippen molar-refractivity contribution in [1.29, 1.82) is 0 Å². The molecular formula is C16H27NO3. The quantitative estimate of drug-likeness (QED) is 0.694. The second kappa shape index (κ2) is 5.74. The van der Waals surface area contributed by atoms with E-state index in [1.54, 1.807) is 11.8 Å². The monoisotopic (exact) mass is 281 g/mol. The molecule has 1 amide bonds. The van der Waals surface area contributed by atoms with Crippen LogP contribution in [-0.2, 0) is 14.3 Å². The second-order valence-electron chi connectivity index (χ2n) is 7.26. The van der Waals surface area contributed by atoms with Crippen LogP contribution in [0.1, 0.15) is 59.8 Å². The van der Waals surface area contributed by atoms with E-state index in [1.165, 1.54) is 25.7 Å². The maximum absolute atomic E-state index is 12.4. The van der Waals surface area contributed by atoms with Crippen LogP contribution in [0.15, 0.2) is 0 Å². The minimum absolute atomic E-state index is 0.00937. The van der Waals surface area contributed by atoms with Crippen molar-refractivity contribution in [2.24, 2.45) is 11.8 Å². The summed E-state index contributed by atoms with van der Waals surface area (Å²) in [4.78, 5) is 26.0. The molecule has 114 valence electrons. The largest absolute Gasteiger partial charge is 0.458 e. The molecule has 0 spiro atoms. The first-order chi connectivity index (χ1) is 9.28. The summed E-state index contributed by atoms with van der Waals surface area (Å²) in [7, 11) is 0. The van der Waals surface area contributed by atoms with Gasteiger partial charge in [-0.2, -0.15) is 0 Å². The van der Waals surface area contributed by atoms with Crippen LogP contribution >= 0.6 is 0 Å². The average molecular weight is 281 g/mol. The summed E-state index contributed by atoms with van der Waals surface area (Å²) in [5.74, 6) is 0.907. The third kappa shape index (κ3) is 3.53. The fraction of sp³-hybridized carbons (Fsp3) is 0.875. The number of hydrogen-bond donors (Lipinski definition) is 0. The lowest BCUT2D eigenvalue weighted by molar-refractivity contribution is -0.169. The van der Waals surface area contributed by atoms with Crippen molar-refractivity contribution in [2.45, 2.75) is 71.4 Å². The lowest BCUT2D eigenvalue weighted by Gasteiger charge is -2.45. The van der Waals surface area contributed by atoms with Gasteiger partial charge >= 0.3 is 5.97 Å². The van der Waals surface area contributed by atoms with Crippen molar-refractivity contribution in [3.63, 3.8) is 0 Å². The molecule has 20 heavy (non-hydrogen) atoms. The van der Waals surface area contributed by atoms with Crippen LogP contribution < -0.4 is 0 Å². The van der Waals surface area contributed by atoms with Crippen LogP contribution in [0.3, 0.4) is 0 Å². The third-order valence-corrected chi connectivity index (χ3v) is 4.48. The van der Waals surface area contributed by atoms with Crippen molar-refractivity contribution >= 4 is 11.9 Å². The molecule has 1 aliphatic carbocycles. The maximum Gasteiger partial charge on any atom is 0.329 e. The van der Waals surface area contributed by atoms with Crippen molar-refractivity contribution in [1.82, 2.24) is 4.90 Å². The normalized spacial score (nSPS) is 30.6. The average Bonchev–Trinajstić information content (AvgIpc) is 2.35. The summed E-state index contributed by atoms with van der Waals surface area (Å²) in [6.07, 6.45) is 5.66. The van der Waals surface area contributed by atoms with Crippen LogP contribution in [0.2, 0.25) is 0 Å². The highest BCUT2D eigenvalue weighted by molar-refractivity contribution is 5.83. The molecule has 2 fully saturated rings. The zero-order valence-corrected chi connectivity index (χ0v) is 13.1. The second-order valence-corrected chi connectivity index (χ2v) is 7.26. The molecule has 1 saturated carbocycles. The number of piperidine rings is 1. The molecule has 4 heteroatoms. The van der Waals surface area contributed by atoms with Gasteiger partial charge in [-0.05, 0) is 45.4 Å². The molecule has 4 nitrogen and oxygen atoms in total. The van der Waals surface area contributed by atoms with Gasteiger partial charge < -0.3 is 9.64 Å². The van der Waals surface area contributed by atoms with Gasteiger partial charge in [0.2, 0.25) is 5.91 Å². The highest BCUT2D eigenvalue weighted by atomic mass is 16.6. The summed E-state index contributed by atoms with van der Waals surface area (Å²) in [5.41, 5.74) is -0.497. The number of carbonyl (C=O) groups excluding carboxylic acids is 2. The number of hydrogen-bond acceptors (Lipinski definition) is 3. The Bertz CT molecular complexity index is 386. The Morgan fingerprint density at radius 1 is 1.10 bits per heavy atom. The van der Waals surface area contributed by atoms with E-state index < -0.39 is 5.60 Å². The first-order valence-electron chi connectivity index (χ1n) is 7.78. The predicted molar refractivity (Wildman–Crippen MR) is 77.1 cm³/mol. The van der Waals surface area contributed by atoms with Crippen LogP contribution in [-0.4, -0.2) is 35.0 Å². The van der Waals surface area contributed by atoms with E-state index in [0.717, 1.165) is 13.0 Å². The van der Waals surface area contributed by atoms with Crippen molar-refractivity contribution < 1.29 is 14.3 Å². The molecule has 0 aromatic rings. The lowest BCUT2D eigenvalue weighted by Crippen LogP contribution is -2.54. The summed E-state index contributed by atoms with van der Waals surface area (Å²) in [6.45, 7) is 7.89. The smallest absolute Gasteiger partial charge is 0.329 e. The Balaban J connectivity index is 2.11. The third-order valence-electron chi connectivity index (χ3n) is 4.48. The van der Waals surface area contributed by atoms with E-state index in [-0.39, 0.29) is 17.9 Å². The SMILES string of the molecule is CC(=O)N1C[C@@H]2CCCC[C@@H]2C[C@H]1C(=O)OC(C)(C)C. The van der Waals surface area contributed by atoms with E-state index in [4.69, 9.17) is 4.74 Å². The minimum Gasteiger partial charge on any atom is -0.458 e. The van der Waals surface area contributed by atoms with E-state index in [0.29, 0.717) is 11.8 Å². The standard InChI is InChI=1S/C16H27NO3/c1-11(18)17-10-13-8-6-5-7-12(13)9-14(17)15(19)20-16(2,3)4/h12-14H,5-10H2,1-4H3/t12-,13+,14+/m1/s1. The van der Waals surface area contributed by atoms with Gasteiger partial charge in [0.05, 0.1) is 0 Å². The van der Waals surface area contributed by atoms with Gasteiger partial charge in [0.1, 0.15) is 11.6 Å². The van der Waals surface area contributed by atoms with Gasteiger partial charge in [-0.15, -0.1) is 0 Å². The molecule has 2 rings (SSSR count). The Morgan fingerprint density at radius 2 is 1.70 bits per heavy atom. The molecule has 3 atom stereocenters. The number of fused-ring (bicyclic) bond motifs is 1. The summed E-state index contributed by atoms with van der Waals surface area (Å²) < 4.78 is 5.50. The fourth-order valence-corrected chi connectivity index (χ4v) is 3.57. The van der Waals surface area contributed by atoms with Crippen LogP contribution in [0.25, 0.3) is 0 Å². The molecule has 2 aliphatic rings. The van der Waals surface area contributed by atoms with Gasteiger partial charge in [-0.3, -0.25) is 4.79 Å². The number of nitrogens with zero attached hydrogens (tertiary/aromatic N) is 1. The van der Waals surface area contributed by atoms with Crippen molar-refractivity contribution in [2.75, 3.05) is 6.54 Å². The zero-order valence-electron chi connectivity index (χ0n) is 13.1. The number of likely N-dealkylation sites (tertiary alicyclic amines) is 1. The van der Waals surface area contributed by atoms with E-state index >= 15 is 0 Å². The zero-order chi connectivity index (χ0) is 14.9. The molecule has 1 saturated heterocycles. The van der Waals surface area contributed by atoms with E-state index in [1.807, 2.05) is 20.8 Å². The Hall–Kier alpha value is -1.06. The van der Waals surface area contributed by atoms with Crippen LogP contribution in [0.4, 0.5) is 0 Å². The van der Waals surface area contributed by atoms with Gasteiger partial charge in [0.25, 0.3) is 0 Å². The first kappa shape index (κ1) is 15.3. The Labute approximate surface area is 121 Å². The summed E-state index contributed by atoms with van der Waals surface area (Å²) in [5, 5.41) is 0. The van der Waals surface area contributed by atoms with Gasteiger partial charge in [-0.1, -0.05) is 19.3 Å². The summed E-state index contributed by atoms with van der Waals surface area (Å²) >= 11 is 0. The summed E-state index contributed by atoms with van der Waals surface area (Å²) in [6, 6.07) is -0.383. The molecule has 0 bridgehead atoms. The number of ether oxygens (including phenoxy) is 1. The molecule has 0 aromatic heterocycles. The molecule has 0 aromatic carbocycles. The van der Waals surface area contributed by atoms with E-state index in [9.17, 15) is 9.59 Å². The van der Waals surface area contributed by atoms with Gasteiger partial charge in [0, 0.05) is 13.5 Å². The number of rotatable bonds is 1. The Morgan fingerprint density at radius 3 is 2.25 bits per heavy atom. The Kier molecular flexibility index (Phi) is 4.40. The molecule has 1 aliphatic heterocycles. The molecule has 0 unspecified atom stereocenters. The lowest BCUT2D eigenvalue weighted by atomic mass is 9.73. The molecule has 1 heterocycles.